The van der Waals surface area contributed by atoms with Crippen LogP contribution in [0, 0.1) is 6.92 Å². The van der Waals surface area contributed by atoms with Gasteiger partial charge in [0.25, 0.3) is 0 Å². The molecule has 1 aromatic heterocycles. The number of piperidine rings is 1. The lowest BCUT2D eigenvalue weighted by atomic mass is 9.88. The standard InChI is InChI=1S/C25H32N2O3S/c1-3-29-24(28)17-19-9-7-11-21-20(19)10-8-12-23(21)30-16-13-22-18(2)31-25(26-22)27-14-5-4-6-15-27/h8-10,12H,3-7,11,13-17H2,1-2H3. The maximum absolute atomic E-state index is 12.0. The number of rotatable bonds is 8. The molecule has 2 aliphatic rings. The van der Waals surface area contributed by atoms with Crippen molar-refractivity contribution in [1.82, 2.24) is 4.98 Å². The van der Waals surface area contributed by atoms with E-state index in [2.05, 4.69) is 24.0 Å². The van der Waals surface area contributed by atoms with Gasteiger partial charge in [-0.05, 0) is 63.2 Å². The Bertz CT molecular complexity index is 944. The van der Waals surface area contributed by atoms with E-state index in [1.165, 1.54) is 29.7 Å². The molecule has 5 nitrogen and oxygen atoms in total. The third-order valence-corrected chi connectivity index (χ3v) is 7.08. The Labute approximate surface area is 189 Å². The minimum absolute atomic E-state index is 0.170. The smallest absolute Gasteiger partial charge is 0.310 e. The normalized spacial score (nSPS) is 15.9. The fraction of sp³-hybridized carbons (Fsp3) is 0.520. The summed E-state index contributed by atoms with van der Waals surface area (Å²) in [5, 5.41) is 1.16. The van der Waals surface area contributed by atoms with Crippen LogP contribution in [-0.4, -0.2) is 37.3 Å². The van der Waals surface area contributed by atoms with Gasteiger partial charge in [0.05, 0.1) is 25.3 Å². The zero-order valence-corrected chi connectivity index (χ0v) is 19.4. The number of carbonyl (C=O) groups excluding carboxylic acids is 1. The maximum atomic E-state index is 12.0. The molecule has 1 aromatic carbocycles. The largest absolute Gasteiger partial charge is 0.493 e. The second kappa shape index (κ2) is 10.3. The van der Waals surface area contributed by atoms with Gasteiger partial charge < -0.3 is 14.4 Å². The molecule has 0 radical (unpaired) electrons. The van der Waals surface area contributed by atoms with Gasteiger partial charge in [-0.25, -0.2) is 4.98 Å². The summed E-state index contributed by atoms with van der Waals surface area (Å²) in [6, 6.07) is 6.14. The molecular weight excluding hydrogens is 408 g/mol. The Hall–Kier alpha value is -2.34. The summed E-state index contributed by atoms with van der Waals surface area (Å²) in [5.41, 5.74) is 4.52. The maximum Gasteiger partial charge on any atom is 0.310 e. The van der Waals surface area contributed by atoms with Crippen molar-refractivity contribution < 1.29 is 14.3 Å². The highest BCUT2D eigenvalue weighted by Crippen LogP contribution is 2.35. The zero-order valence-electron chi connectivity index (χ0n) is 18.6. The van der Waals surface area contributed by atoms with E-state index in [4.69, 9.17) is 14.5 Å². The highest BCUT2D eigenvalue weighted by molar-refractivity contribution is 7.15. The average molecular weight is 441 g/mol. The Morgan fingerprint density at radius 3 is 2.87 bits per heavy atom. The van der Waals surface area contributed by atoms with Gasteiger partial charge in [0.15, 0.2) is 5.13 Å². The first-order chi connectivity index (χ1) is 15.2. The van der Waals surface area contributed by atoms with Crippen molar-refractivity contribution in [1.29, 1.82) is 0 Å². The number of aromatic nitrogens is 1. The van der Waals surface area contributed by atoms with Gasteiger partial charge in [0, 0.05) is 30.0 Å². The van der Waals surface area contributed by atoms with E-state index < -0.39 is 0 Å². The summed E-state index contributed by atoms with van der Waals surface area (Å²) >= 11 is 1.81. The van der Waals surface area contributed by atoms with Gasteiger partial charge in [-0.3, -0.25) is 4.79 Å². The molecule has 1 fully saturated rings. The van der Waals surface area contributed by atoms with Gasteiger partial charge in [-0.15, -0.1) is 11.3 Å². The second-order valence-corrected chi connectivity index (χ2v) is 9.36. The van der Waals surface area contributed by atoms with E-state index in [1.807, 2.05) is 30.4 Å². The molecule has 1 aliphatic carbocycles. The van der Waals surface area contributed by atoms with Crippen LogP contribution in [0.2, 0.25) is 0 Å². The highest BCUT2D eigenvalue weighted by Gasteiger charge is 2.20. The van der Waals surface area contributed by atoms with Crippen molar-refractivity contribution in [2.75, 3.05) is 31.2 Å². The lowest BCUT2D eigenvalue weighted by Crippen LogP contribution is -2.29. The number of thiazole rings is 1. The number of benzene rings is 1. The third kappa shape index (κ3) is 5.29. The minimum atomic E-state index is -0.170. The van der Waals surface area contributed by atoms with Crippen molar-refractivity contribution >= 4 is 28.0 Å². The van der Waals surface area contributed by atoms with Crippen LogP contribution in [0.3, 0.4) is 0 Å². The predicted molar refractivity (Wildman–Crippen MR) is 126 cm³/mol. The molecule has 0 unspecified atom stereocenters. The summed E-state index contributed by atoms with van der Waals surface area (Å²) in [7, 11) is 0. The molecule has 0 N–H and O–H groups in total. The van der Waals surface area contributed by atoms with Crippen LogP contribution in [0.5, 0.6) is 5.75 Å². The van der Waals surface area contributed by atoms with Gasteiger partial charge >= 0.3 is 5.97 Å². The Morgan fingerprint density at radius 1 is 1.23 bits per heavy atom. The quantitative estimate of drug-likeness (QED) is 0.518. The number of allylic oxidation sites excluding steroid dienone is 1. The zero-order chi connectivity index (χ0) is 21.6. The lowest BCUT2D eigenvalue weighted by molar-refractivity contribution is -0.141. The molecule has 0 spiro atoms. The Morgan fingerprint density at radius 2 is 2.06 bits per heavy atom. The first kappa shape index (κ1) is 21.9. The SMILES string of the molecule is CCOC(=O)CC1=CCCc2c(OCCc3nc(N4CCCCC4)sc3C)cccc21. The molecule has 6 heteroatoms. The van der Waals surface area contributed by atoms with E-state index in [0.717, 1.165) is 60.1 Å². The van der Waals surface area contributed by atoms with Gasteiger partial charge in [0.2, 0.25) is 0 Å². The van der Waals surface area contributed by atoms with Crippen LogP contribution >= 0.6 is 11.3 Å². The molecule has 0 atom stereocenters. The number of hydrogen-bond acceptors (Lipinski definition) is 6. The second-order valence-electron chi connectivity index (χ2n) is 8.18. The van der Waals surface area contributed by atoms with Gasteiger partial charge in [0.1, 0.15) is 5.75 Å². The van der Waals surface area contributed by atoms with Crippen LogP contribution in [0.4, 0.5) is 5.13 Å². The van der Waals surface area contributed by atoms with E-state index in [9.17, 15) is 4.79 Å². The molecule has 0 amide bonds. The van der Waals surface area contributed by atoms with Crippen molar-refractivity contribution in [3.63, 3.8) is 0 Å². The minimum Gasteiger partial charge on any atom is -0.493 e. The molecule has 4 rings (SSSR count). The predicted octanol–water partition coefficient (Wildman–Crippen LogP) is 5.35. The first-order valence-electron chi connectivity index (χ1n) is 11.5. The molecule has 0 saturated carbocycles. The summed E-state index contributed by atoms with van der Waals surface area (Å²) in [4.78, 5) is 20.6. The van der Waals surface area contributed by atoms with Gasteiger partial charge in [-0.1, -0.05) is 18.2 Å². The number of ether oxygens (including phenoxy) is 2. The summed E-state index contributed by atoms with van der Waals surface area (Å²) in [6.07, 6.45) is 9.02. The molecule has 0 bridgehead atoms. The summed E-state index contributed by atoms with van der Waals surface area (Å²) < 4.78 is 11.4. The summed E-state index contributed by atoms with van der Waals surface area (Å²) in [5.74, 6) is 0.757. The van der Waals surface area contributed by atoms with E-state index in [1.54, 1.807) is 0 Å². The molecule has 31 heavy (non-hydrogen) atoms. The van der Waals surface area contributed by atoms with Crippen LogP contribution in [0.15, 0.2) is 24.3 Å². The number of anilines is 1. The van der Waals surface area contributed by atoms with E-state index in [0.29, 0.717) is 19.6 Å². The molecule has 166 valence electrons. The first-order valence-corrected chi connectivity index (χ1v) is 12.3. The molecule has 2 aromatic rings. The lowest BCUT2D eigenvalue weighted by Gasteiger charge is -2.25. The summed E-state index contributed by atoms with van der Waals surface area (Å²) in [6.45, 7) is 7.28. The Kier molecular flexibility index (Phi) is 7.28. The number of esters is 1. The average Bonchev–Trinajstić information content (AvgIpc) is 3.15. The van der Waals surface area contributed by atoms with Gasteiger partial charge in [-0.2, -0.15) is 0 Å². The number of hydrogen-bond donors (Lipinski definition) is 0. The third-order valence-electron chi connectivity index (χ3n) is 6.01. The van der Waals surface area contributed by atoms with E-state index in [-0.39, 0.29) is 5.97 Å². The van der Waals surface area contributed by atoms with Crippen molar-refractivity contribution in [2.24, 2.45) is 0 Å². The van der Waals surface area contributed by atoms with E-state index >= 15 is 0 Å². The Balaban J connectivity index is 1.39. The number of nitrogens with zero attached hydrogens (tertiary/aromatic N) is 2. The van der Waals surface area contributed by atoms with Crippen LogP contribution in [0.1, 0.15) is 60.7 Å². The molecule has 2 heterocycles. The number of aryl methyl sites for hydroxylation is 1. The highest BCUT2D eigenvalue weighted by atomic mass is 32.1. The fourth-order valence-corrected chi connectivity index (χ4v) is 5.42. The van der Waals surface area contributed by atoms with Crippen molar-refractivity contribution in [3.8, 4) is 5.75 Å². The van der Waals surface area contributed by atoms with Crippen LogP contribution in [0.25, 0.3) is 5.57 Å². The number of fused-ring (bicyclic) bond motifs is 1. The van der Waals surface area contributed by atoms with Crippen molar-refractivity contribution in [3.05, 3.63) is 46.0 Å². The number of carbonyl (C=O) groups is 1. The van der Waals surface area contributed by atoms with Crippen molar-refractivity contribution in [2.45, 2.75) is 58.8 Å². The molecular formula is C25H32N2O3S. The van der Waals surface area contributed by atoms with Crippen LogP contribution in [-0.2, 0) is 22.4 Å². The molecule has 1 aliphatic heterocycles. The fourth-order valence-electron chi connectivity index (χ4n) is 4.42. The molecule has 1 saturated heterocycles. The van der Waals surface area contributed by atoms with Crippen LogP contribution < -0.4 is 9.64 Å². The monoisotopic (exact) mass is 440 g/mol. The topological polar surface area (TPSA) is 51.7 Å².